The Morgan fingerprint density at radius 1 is 0.944 bits per heavy atom. The van der Waals surface area contributed by atoms with Crippen molar-refractivity contribution in [2.75, 3.05) is 61.6 Å². The fourth-order valence-corrected chi connectivity index (χ4v) is 5.35. The van der Waals surface area contributed by atoms with Crippen molar-refractivity contribution in [1.82, 2.24) is 0 Å². The molecule has 190 valence electrons. The Bertz CT molecular complexity index is 1270. The van der Waals surface area contributed by atoms with Crippen molar-refractivity contribution >= 4 is 33.0 Å². The van der Waals surface area contributed by atoms with Crippen LogP contribution in [0.15, 0.2) is 77.7 Å². The first kappa shape index (κ1) is 25.3. The summed E-state index contributed by atoms with van der Waals surface area (Å²) in [5.74, 6) is 0.366. The number of sulfonamides is 1. The molecule has 0 bridgehead atoms. The molecule has 1 aliphatic rings. The van der Waals surface area contributed by atoms with Crippen molar-refractivity contribution in [2.45, 2.75) is 4.90 Å². The summed E-state index contributed by atoms with van der Waals surface area (Å²) in [7, 11) is -1.15. The van der Waals surface area contributed by atoms with Crippen molar-refractivity contribution in [3.8, 4) is 11.5 Å². The standard InChI is InChI=1S/C26H29N3O6S/c1-33-22-11-13-23(14-12-22)36(31,32)29(24-5-3-4-6-25(24)34-2)19-26(30)27-20-7-9-21(10-8-20)28-15-17-35-18-16-28/h3-14H,15-19H2,1-2H3,(H,27,30). The van der Waals surface area contributed by atoms with E-state index in [1.807, 2.05) is 12.1 Å². The highest BCUT2D eigenvalue weighted by Gasteiger charge is 2.29. The predicted octanol–water partition coefficient (Wildman–Crippen LogP) is 3.37. The van der Waals surface area contributed by atoms with Gasteiger partial charge >= 0.3 is 0 Å². The summed E-state index contributed by atoms with van der Waals surface area (Å²) < 4.78 is 44.3. The van der Waals surface area contributed by atoms with Crippen LogP contribution in [0.4, 0.5) is 17.1 Å². The van der Waals surface area contributed by atoms with Gasteiger partial charge in [0.15, 0.2) is 0 Å². The van der Waals surface area contributed by atoms with Crippen LogP contribution < -0.4 is 24.0 Å². The highest BCUT2D eigenvalue weighted by atomic mass is 32.2. The SMILES string of the molecule is COc1ccc(S(=O)(=O)N(CC(=O)Nc2ccc(N3CCOCC3)cc2)c2ccccc2OC)cc1. The first-order valence-electron chi connectivity index (χ1n) is 11.4. The van der Waals surface area contributed by atoms with E-state index in [1.165, 1.54) is 26.4 Å². The molecule has 36 heavy (non-hydrogen) atoms. The molecule has 10 heteroatoms. The lowest BCUT2D eigenvalue weighted by Crippen LogP contribution is -2.38. The number of carbonyl (C=O) groups excluding carboxylic acids is 1. The highest BCUT2D eigenvalue weighted by Crippen LogP contribution is 2.32. The number of para-hydroxylation sites is 2. The number of hydrogen-bond acceptors (Lipinski definition) is 7. The van der Waals surface area contributed by atoms with Crippen LogP contribution in [0.5, 0.6) is 11.5 Å². The second kappa shape index (κ2) is 11.3. The normalized spacial score (nSPS) is 13.7. The molecule has 0 spiro atoms. The Labute approximate surface area is 211 Å². The average molecular weight is 512 g/mol. The van der Waals surface area contributed by atoms with Crippen LogP contribution in [0.1, 0.15) is 0 Å². The Hall–Kier alpha value is -3.76. The number of nitrogens with one attached hydrogen (secondary N) is 1. The van der Waals surface area contributed by atoms with Gasteiger partial charge in [-0.1, -0.05) is 12.1 Å². The quantitative estimate of drug-likeness (QED) is 0.470. The Balaban J connectivity index is 1.57. The molecule has 9 nitrogen and oxygen atoms in total. The lowest BCUT2D eigenvalue weighted by atomic mass is 10.2. The van der Waals surface area contributed by atoms with Gasteiger partial charge in [0, 0.05) is 24.5 Å². The number of hydrogen-bond donors (Lipinski definition) is 1. The molecule has 1 fully saturated rings. The van der Waals surface area contributed by atoms with E-state index in [0.29, 0.717) is 30.4 Å². The van der Waals surface area contributed by atoms with Gasteiger partial charge in [-0.2, -0.15) is 0 Å². The first-order chi connectivity index (χ1) is 17.4. The number of anilines is 3. The number of benzene rings is 3. The van der Waals surface area contributed by atoms with Gasteiger partial charge in [0.25, 0.3) is 10.0 Å². The zero-order chi connectivity index (χ0) is 25.5. The van der Waals surface area contributed by atoms with E-state index in [2.05, 4.69) is 10.2 Å². The molecule has 0 aliphatic carbocycles. The Morgan fingerprint density at radius 3 is 2.25 bits per heavy atom. The smallest absolute Gasteiger partial charge is 0.264 e. The molecular formula is C26H29N3O6S. The third-order valence-electron chi connectivity index (χ3n) is 5.82. The minimum absolute atomic E-state index is 0.0249. The van der Waals surface area contributed by atoms with Gasteiger partial charge in [-0.25, -0.2) is 8.42 Å². The Morgan fingerprint density at radius 2 is 1.61 bits per heavy atom. The second-order valence-electron chi connectivity index (χ2n) is 8.05. The topological polar surface area (TPSA) is 97.4 Å². The summed E-state index contributed by atoms with van der Waals surface area (Å²) >= 11 is 0. The molecule has 1 amide bonds. The van der Waals surface area contributed by atoms with E-state index >= 15 is 0 Å². The Kier molecular flexibility index (Phi) is 7.97. The van der Waals surface area contributed by atoms with E-state index in [1.54, 1.807) is 48.5 Å². The number of methoxy groups -OCH3 is 2. The number of rotatable bonds is 9. The molecule has 3 aromatic rings. The summed E-state index contributed by atoms with van der Waals surface area (Å²) in [6, 6.07) is 20.1. The predicted molar refractivity (Wildman–Crippen MR) is 139 cm³/mol. The molecule has 0 unspecified atom stereocenters. The maximum absolute atomic E-state index is 13.6. The molecule has 1 aliphatic heterocycles. The summed E-state index contributed by atoms with van der Waals surface area (Å²) in [5.41, 5.74) is 1.86. The van der Waals surface area contributed by atoms with Crippen LogP contribution >= 0.6 is 0 Å². The van der Waals surface area contributed by atoms with Crippen molar-refractivity contribution in [3.63, 3.8) is 0 Å². The number of nitrogens with zero attached hydrogens (tertiary/aromatic N) is 2. The molecule has 1 heterocycles. The lowest BCUT2D eigenvalue weighted by Gasteiger charge is -2.29. The van der Waals surface area contributed by atoms with Gasteiger partial charge in [-0.15, -0.1) is 0 Å². The van der Waals surface area contributed by atoms with E-state index in [9.17, 15) is 13.2 Å². The number of ether oxygens (including phenoxy) is 3. The number of carbonyl (C=O) groups is 1. The van der Waals surface area contributed by atoms with Crippen LogP contribution in [0.3, 0.4) is 0 Å². The van der Waals surface area contributed by atoms with E-state index < -0.39 is 22.5 Å². The van der Waals surface area contributed by atoms with Crippen LogP contribution in [0.25, 0.3) is 0 Å². The highest BCUT2D eigenvalue weighted by molar-refractivity contribution is 7.92. The molecule has 0 saturated carbocycles. The molecule has 1 saturated heterocycles. The van der Waals surface area contributed by atoms with Crippen LogP contribution in [-0.2, 0) is 19.6 Å². The minimum atomic E-state index is -4.10. The van der Waals surface area contributed by atoms with Gasteiger partial charge in [-0.3, -0.25) is 9.10 Å². The lowest BCUT2D eigenvalue weighted by molar-refractivity contribution is -0.114. The van der Waals surface area contributed by atoms with E-state index in [-0.39, 0.29) is 10.6 Å². The maximum Gasteiger partial charge on any atom is 0.264 e. The zero-order valence-corrected chi connectivity index (χ0v) is 21.0. The van der Waals surface area contributed by atoms with Crippen molar-refractivity contribution in [1.29, 1.82) is 0 Å². The fourth-order valence-electron chi connectivity index (χ4n) is 3.92. The molecule has 0 aromatic heterocycles. The van der Waals surface area contributed by atoms with Gasteiger partial charge in [0.1, 0.15) is 18.0 Å². The van der Waals surface area contributed by atoms with Gasteiger partial charge in [0.2, 0.25) is 5.91 Å². The first-order valence-corrected chi connectivity index (χ1v) is 12.9. The van der Waals surface area contributed by atoms with Crippen molar-refractivity contribution < 1.29 is 27.4 Å². The maximum atomic E-state index is 13.6. The molecule has 3 aromatic carbocycles. The molecule has 1 N–H and O–H groups in total. The summed E-state index contributed by atoms with van der Waals surface area (Å²) in [6.07, 6.45) is 0. The monoisotopic (exact) mass is 511 g/mol. The largest absolute Gasteiger partial charge is 0.497 e. The number of amides is 1. The third-order valence-corrected chi connectivity index (χ3v) is 7.59. The summed E-state index contributed by atoms with van der Waals surface area (Å²) in [6.45, 7) is 2.53. The van der Waals surface area contributed by atoms with E-state index in [0.717, 1.165) is 23.1 Å². The van der Waals surface area contributed by atoms with Crippen molar-refractivity contribution in [3.05, 3.63) is 72.8 Å². The van der Waals surface area contributed by atoms with Crippen LogP contribution in [0, 0.1) is 0 Å². The summed E-state index contributed by atoms with van der Waals surface area (Å²) in [5, 5.41) is 2.80. The molecule has 0 radical (unpaired) electrons. The zero-order valence-electron chi connectivity index (χ0n) is 20.2. The number of morpholine rings is 1. The van der Waals surface area contributed by atoms with Crippen LogP contribution in [0.2, 0.25) is 0 Å². The van der Waals surface area contributed by atoms with Gasteiger partial charge in [-0.05, 0) is 60.7 Å². The van der Waals surface area contributed by atoms with Gasteiger partial charge in [0.05, 0.1) is 38.0 Å². The molecule has 4 rings (SSSR count). The molecular weight excluding hydrogens is 482 g/mol. The fraction of sp³-hybridized carbons (Fsp3) is 0.269. The molecule has 0 atom stereocenters. The second-order valence-corrected chi connectivity index (χ2v) is 9.92. The van der Waals surface area contributed by atoms with Gasteiger partial charge < -0.3 is 24.4 Å². The third kappa shape index (κ3) is 5.72. The van der Waals surface area contributed by atoms with Crippen LogP contribution in [-0.4, -0.2) is 61.4 Å². The van der Waals surface area contributed by atoms with E-state index in [4.69, 9.17) is 14.2 Å². The minimum Gasteiger partial charge on any atom is -0.497 e. The van der Waals surface area contributed by atoms with Crippen molar-refractivity contribution in [2.24, 2.45) is 0 Å². The summed E-state index contributed by atoms with van der Waals surface area (Å²) in [4.78, 5) is 15.3. The average Bonchev–Trinajstić information content (AvgIpc) is 2.92.